The minimum absolute atomic E-state index is 0.128. The number of hydrogen-bond acceptors (Lipinski definition) is 7. The van der Waals surface area contributed by atoms with Gasteiger partial charge in [0, 0.05) is 12.8 Å². The third kappa shape index (κ3) is 8.15. The first kappa shape index (κ1) is 31.8. The van der Waals surface area contributed by atoms with Crippen molar-refractivity contribution in [1.29, 1.82) is 0 Å². The van der Waals surface area contributed by atoms with Crippen molar-refractivity contribution in [2.45, 2.75) is 69.9 Å². The Bertz CT molecular complexity index is 1500. The van der Waals surface area contributed by atoms with E-state index in [4.69, 9.17) is 23.7 Å². The number of benzene rings is 4. The van der Waals surface area contributed by atoms with Gasteiger partial charge in [-0.3, -0.25) is 14.5 Å². The highest BCUT2D eigenvalue weighted by molar-refractivity contribution is 6.02. The highest BCUT2D eigenvalue weighted by Crippen LogP contribution is 2.34. The van der Waals surface area contributed by atoms with E-state index >= 15 is 0 Å². The molecule has 2 aliphatic heterocycles. The van der Waals surface area contributed by atoms with Crippen LogP contribution in [-0.2, 0) is 59.7 Å². The summed E-state index contributed by atoms with van der Waals surface area (Å²) in [5, 5.41) is 0. The van der Waals surface area contributed by atoms with Crippen LogP contribution < -0.4 is 0 Å². The molecule has 4 aromatic carbocycles. The van der Waals surface area contributed by atoms with Crippen LogP contribution in [0.1, 0.15) is 35.1 Å². The van der Waals surface area contributed by atoms with E-state index in [1.165, 1.54) is 4.90 Å². The molecule has 0 bridgehead atoms. The summed E-state index contributed by atoms with van der Waals surface area (Å²) < 4.78 is 32.8. The second-order valence-electron chi connectivity index (χ2n) is 11.5. The van der Waals surface area contributed by atoms with Gasteiger partial charge in [-0.1, -0.05) is 121 Å². The Morgan fingerprint density at radius 3 is 1.37 bits per heavy atom. The van der Waals surface area contributed by atoms with Crippen LogP contribution in [0.4, 0.5) is 0 Å². The first-order valence-electron chi connectivity index (χ1n) is 15.7. The molecule has 2 aliphatic rings. The number of likely N-dealkylation sites (tertiary alicyclic amines) is 1. The number of carbonyl (C=O) groups is 2. The van der Waals surface area contributed by atoms with Gasteiger partial charge >= 0.3 is 0 Å². The van der Waals surface area contributed by atoms with E-state index in [0.29, 0.717) is 13.2 Å². The fraction of sp³-hybridized carbons (Fsp3) is 0.316. The lowest BCUT2D eigenvalue weighted by atomic mass is 9.96. The molecule has 2 heterocycles. The summed E-state index contributed by atoms with van der Waals surface area (Å²) in [6, 6.07) is 39.4. The van der Waals surface area contributed by atoms with Gasteiger partial charge < -0.3 is 23.7 Å². The van der Waals surface area contributed by atoms with Crippen molar-refractivity contribution < 1.29 is 33.3 Å². The Labute approximate surface area is 269 Å². The van der Waals surface area contributed by atoms with E-state index in [2.05, 4.69) is 0 Å². The molecule has 8 heteroatoms. The first-order valence-corrected chi connectivity index (χ1v) is 15.7. The van der Waals surface area contributed by atoms with Gasteiger partial charge in [0.1, 0.15) is 24.4 Å². The van der Waals surface area contributed by atoms with Crippen LogP contribution >= 0.6 is 0 Å². The highest BCUT2D eigenvalue weighted by atomic mass is 16.6. The molecule has 238 valence electrons. The third-order valence-electron chi connectivity index (χ3n) is 8.20. The van der Waals surface area contributed by atoms with Crippen molar-refractivity contribution in [2.75, 3.05) is 6.61 Å². The monoisotopic (exact) mass is 621 g/mol. The lowest BCUT2D eigenvalue weighted by Gasteiger charge is -2.48. The molecule has 4 aromatic rings. The molecule has 2 saturated heterocycles. The number of carbonyl (C=O) groups excluding carboxylic acids is 2. The summed E-state index contributed by atoms with van der Waals surface area (Å²) in [6.45, 7) is 1.31. The molecular formula is C38H39NO7. The van der Waals surface area contributed by atoms with E-state index < -0.39 is 30.6 Å². The molecule has 0 radical (unpaired) electrons. The molecule has 0 aromatic heterocycles. The average Bonchev–Trinajstić information content (AvgIpc) is 3.44. The SMILES string of the molecule is O=C1CCC(=O)N1[C@H]1O[C@H](COCc2ccccc2)[C@@H](OCc2ccccc2)[C@H](OCc2ccccc2)[C@H]1OCc1ccccc1. The Morgan fingerprint density at radius 1 is 0.522 bits per heavy atom. The zero-order valence-electron chi connectivity index (χ0n) is 25.7. The van der Waals surface area contributed by atoms with E-state index in [-0.39, 0.29) is 44.5 Å². The van der Waals surface area contributed by atoms with Crippen molar-refractivity contribution >= 4 is 11.8 Å². The van der Waals surface area contributed by atoms with Gasteiger partial charge in [0.15, 0.2) is 6.23 Å². The van der Waals surface area contributed by atoms with Gasteiger partial charge in [-0.25, -0.2) is 0 Å². The highest BCUT2D eigenvalue weighted by Gasteiger charge is 2.53. The zero-order valence-corrected chi connectivity index (χ0v) is 25.7. The van der Waals surface area contributed by atoms with Crippen molar-refractivity contribution in [2.24, 2.45) is 0 Å². The van der Waals surface area contributed by atoms with E-state index in [0.717, 1.165) is 22.3 Å². The first-order chi connectivity index (χ1) is 22.7. The van der Waals surface area contributed by atoms with Gasteiger partial charge in [-0.05, 0) is 22.3 Å². The minimum Gasteiger partial charge on any atom is -0.374 e. The number of amides is 2. The minimum atomic E-state index is -1.02. The molecule has 0 unspecified atom stereocenters. The maximum atomic E-state index is 13.2. The fourth-order valence-corrected chi connectivity index (χ4v) is 5.85. The van der Waals surface area contributed by atoms with E-state index in [1.807, 2.05) is 121 Å². The lowest BCUT2D eigenvalue weighted by Crippen LogP contribution is -2.66. The third-order valence-corrected chi connectivity index (χ3v) is 8.20. The molecule has 0 saturated carbocycles. The Hall–Kier alpha value is -4.18. The molecule has 2 amide bonds. The number of hydrogen-bond donors (Lipinski definition) is 0. The molecule has 5 atom stereocenters. The maximum Gasteiger partial charge on any atom is 0.231 e. The van der Waals surface area contributed by atoms with Crippen LogP contribution in [0.15, 0.2) is 121 Å². The topological polar surface area (TPSA) is 83.5 Å². The van der Waals surface area contributed by atoms with Crippen LogP contribution in [0, 0.1) is 0 Å². The number of nitrogens with zero attached hydrogens (tertiary/aromatic N) is 1. The molecule has 8 nitrogen and oxygen atoms in total. The summed E-state index contributed by atoms with van der Waals surface area (Å²) in [5.74, 6) is -0.588. The molecule has 46 heavy (non-hydrogen) atoms. The summed E-state index contributed by atoms with van der Waals surface area (Å²) in [4.78, 5) is 27.5. The molecule has 2 fully saturated rings. The van der Waals surface area contributed by atoms with Gasteiger partial charge in [0.25, 0.3) is 0 Å². The Kier molecular flexibility index (Phi) is 11.0. The molecule has 6 rings (SSSR count). The second kappa shape index (κ2) is 15.9. The van der Waals surface area contributed by atoms with Gasteiger partial charge in [-0.2, -0.15) is 0 Å². The Morgan fingerprint density at radius 2 is 0.913 bits per heavy atom. The zero-order chi connectivity index (χ0) is 31.6. The Balaban J connectivity index is 1.33. The standard InChI is InChI=1S/C38H39NO7/c40-33-21-22-34(41)39(33)38-37(45-26-31-19-11-4-12-20-31)36(44-25-30-17-9-3-10-18-30)35(43-24-29-15-7-2-8-16-29)32(46-38)27-42-23-28-13-5-1-6-14-28/h1-20,32,35-38H,21-27H2/t32-,35-,36+,37-,38+/m1/s1. The molecular weight excluding hydrogens is 582 g/mol. The van der Waals surface area contributed by atoms with Gasteiger partial charge in [-0.15, -0.1) is 0 Å². The summed E-state index contributed by atoms with van der Waals surface area (Å²) in [5.41, 5.74) is 3.92. The maximum absolute atomic E-state index is 13.2. The van der Waals surface area contributed by atoms with E-state index in [1.54, 1.807) is 0 Å². The lowest BCUT2D eigenvalue weighted by molar-refractivity contribution is -0.293. The summed E-state index contributed by atoms with van der Waals surface area (Å²) >= 11 is 0. The van der Waals surface area contributed by atoms with E-state index in [9.17, 15) is 9.59 Å². The average molecular weight is 622 g/mol. The van der Waals surface area contributed by atoms with Gasteiger partial charge in [0.05, 0.1) is 33.0 Å². The second-order valence-corrected chi connectivity index (χ2v) is 11.5. The molecule has 0 aliphatic carbocycles. The molecule has 0 spiro atoms. The van der Waals surface area contributed by atoms with Crippen LogP contribution in [0.5, 0.6) is 0 Å². The van der Waals surface area contributed by atoms with Crippen molar-refractivity contribution in [3.05, 3.63) is 144 Å². The summed E-state index contributed by atoms with van der Waals surface area (Å²) in [6.07, 6.45) is -3.63. The van der Waals surface area contributed by atoms with Crippen molar-refractivity contribution in [3.8, 4) is 0 Å². The number of ether oxygens (including phenoxy) is 5. The fourth-order valence-electron chi connectivity index (χ4n) is 5.85. The summed E-state index contributed by atoms with van der Waals surface area (Å²) in [7, 11) is 0. The van der Waals surface area contributed by atoms with Crippen LogP contribution in [-0.4, -0.2) is 54.0 Å². The van der Waals surface area contributed by atoms with Crippen LogP contribution in [0.25, 0.3) is 0 Å². The van der Waals surface area contributed by atoms with Gasteiger partial charge in [0.2, 0.25) is 11.8 Å². The predicted molar refractivity (Wildman–Crippen MR) is 171 cm³/mol. The van der Waals surface area contributed by atoms with Crippen molar-refractivity contribution in [1.82, 2.24) is 4.90 Å². The van der Waals surface area contributed by atoms with Crippen LogP contribution in [0.3, 0.4) is 0 Å². The normalized spacial score (nSPS) is 23.1. The van der Waals surface area contributed by atoms with Crippen molar-refractivity contribution in [3.63, 3.8) is 0 Å². The quantitative estimate of drug-likeness (QED) is 0.164. The predicted octanol–water partition coefficient (Wildman–Crippen LogP) is 5.83. The number of imide groups is 1. The smallest absolute Gasteiger partial charge is 0.231 e. The molecule has 0 N–H and O–H groups in total. The van der Waals surface area contributed by atoms with Crippen LogP contribution in [0.2, 0.25) is 0 Å². The number of rotatable bonds is 14. The largest absolute Gasteiger partial charge is 0.374 e.